The fourth-order valence-corrected chi connectivity index (χ4v) is 2.38. The highest BCUT2D eigenvalue weighted by Crippen LogP contribution is 2.25. The Morgan fingerprint density at radius 2 is 2.00 bits per heavy atom. The highest BCUT2D eigenvalue weighted by atomic mass is 19.1. The molecule has 1 aromatic carbocycles. The van der Waals surface area contributed by atoms with Gasteiger partial charge in [0.1, 0.15) is 5.82 Å². The van der Waals surface area contributed by atoms with Gasteiger partial charge in [-0.25, -0.2) is 4.39 Å². The van der Waals surface area contributed by atoms with E-state index in [-0.39, 0.29) is 11.9 Å². The summed E-state index contributed by atoms with van der Waals surface area (Å²) in [4.78, 5) is 0. The Labute approximate surface area is 96.0 Å². The van der Waals surface area contributed by atoms with Gasteiger partial charge in [0.15, 0.2) is 0 Å². The van der Waals surface area contributed by atoms with Crippen molar-refractivity contribution in [2.45, 2.75) is 25.3 Å². The Bertz CT molecular complexity index is 334. The van der Waals surface area contributed by atoms with Crippen molar-refractivity contribution in [3.8, 4) is 0 Å². The molecular weight excluding hydrogens is 203 g/mol. The zero-order chi connectivity index (χ0) is 11.4. The van der Waals surface area contributed by atoms with Gasteiger partial charge >= 0.3 is 0 Å². The topological polar surface area (TPSA) is 38.0 Å². The minimum atomic E-state index is -0.177. The van der Waals surface area contributed by atoms with E-state index in [2.05, 4.69) is 5.32 Å². The third-order valence-corrected chi connectivity index (χ3v) is 3.35. The lowest BCUT2D eigenvalue weighted by Crippen LogP contribution is -2.29. The molecule has 1 aliphatic heterocycles. The maximum Gasteiger partial charge on any atom is 0.127 e. The Morgan fingerprint density at radius 1 is 1.31 bits per heavy atom. The maximum atomic E-state index is 13.5. The SMILES string of the molecule is NC(CC1CCNCC1)c1ccccc1F. The average molecular weight is 222 g/mol. The summed E-state index contributed by atoms with van der Waals surface area (Å²) in [6, 6.07) is 6.67. The predicted octanol–water partition coefficient (Wildman–Crippen LogP) is 2.22. The average Bonchev–Trinajstić information content (AvgIpc) is 2.31. The van der Waals surface area contributed by atoms with Gasteiger partial charge in [-0.2, -0.15) is 0 Å². The second-order valence-electron chi connectivity index (χ2n) is 4.56. The molecular formula is C13H19FN2. The lowest BCUT2D eigenvalue weighted by molar-refractivity contribution is 0.330. The molecule has 0 saturated carbocycles. The van der Waals surface area contributed by atoms with Crippen LogP contribution in [0.25, 0.3) is 0 Å². The predicted molar refractivity (Wildman–Crippen MR) is 63.5 cm³/mol. The van der Waals surface area contributed by atoms with E-state index in [0.29, 0.717) is 11.5 Å². The molecule has 1 heterocycles. The van der Waals surface area contributed by atoms with Gasteiger partial charge in [-0.1, -0.05) is 18.2 Å². The lowest BCUT2D eigenvalue weighted by Gasteiger charge is -2.25. The summed E-state index contributed by atoms with van der Waals surface area (Å²) >= 11 is 0. The van der Waals surface area contributed by atoms with Crippen LogP contribution in [0.3, 0.4) is 0 Å². The standard InChI is InChI=1S/C13H19FN2/c14-12-4-2-1-3-11(12)13(15)9-10-5-7-16-8-6-10/h1-4,10,13,16H,5-9,15H2. The minimum Gasteiger partial charge on any atom is -0.324 e. The van der Waals surface area contributed by atoms with Crippen LogP contribution in [0.1, 0.15) is 30.9 Å². The molecule has 2 rings (SSSR count). The molecule has 0 aliphatic carbocycles. The number of piperidine rings is 1. The van der Waals surface area contributed by atoms with Crippen molar-refractivity contribution < 1.29 is 4.39 Å². The quantitative estimate of drug-likeness (QED) is 0.823. The first-order valence-corrected chi connectivity index (χ1v) is 5.98. The van der Waals surface area contributed by atoms with Gasteiger partial charge in [0.05, 0.1) is 0 Å². The molecule has 1 fully saturated rings. The van der Waals surface area contributed by atoms with E-state index >= 15 is 0 Å². The number of hydrogen-bond acceptors (Lipinski definition) is 2. The first kappa shape index (κ1) is 11.6. The first-order chi connectivity index (χ1) is 7.77. The van der Waals surface area contributed by atoms with Gasteiger partial charge in [-0.15, -0.1) is 0 Å². The molecule has 88 valence electrons. The molecule has 16 heavy (non-hydrogen) atoms. The van der Waals surface area contributed by atoms with E-state index in [9.17, 15) is 4.39 Å². The Morgan fingerprint density at radius 3 is 2.69 bits per heavy atom. The number of nitrogens with two attached hydrogens (primary N) is 1. The van der Waals surface area contributed by atoms with Crippen LogP contribution >= 0.6 is 0 Å². The monoisotopic (exact) mass is 222 g/mol. The van der Waals surface area contributed by atoms with Crippen LogP contribution in [0.4, 0.5) is 4.39 Å². The van der Waals surface area contributed by atoms with Crippen LogP contribution in [0.5, 0.6) is 0 Å². The van der Waals surface area contributed by atoms with Crippen LogP contribution in [0.2, 0.25) is 0 Å². The smallest absolute Gasteiger partial charge is 0.127 e. The Hall–Kier alpha value is -0.930. The summed E-state index contributed by atoms with van der Waals surface area (Å²) in [5, 5.41) is 3.32. The van der Waals surface area contributed by atoms with Crippen LogP contribution in [0.15, 0.2) is 24.3 Å². The maximum absolute atomic E-state index is 13.5. The van der Waals surface area contributed by atoms with E-state index in [4.69, 9.17) is 5.73 Å². The van der Waals surface area contributed by atoms with Crippen molar-refractivity contribution in [1.82, 2.24) is 5.32 Å². The van der Waals surface area contributed by atoms with E-state index in [0.717, 1.165) is 32.4 Å². The van der Waals surface area contributed by atoms with E-state index < -0.39 is 0 Å². The molecule has 1 unspecified atom stereocenters. The second-order valence-corrected chi connectivity index (χ2v) is 4.56. The molecule has 1 aromatic rings. The fraction of sp³-hybridized carbons (Fsp3) is 0.538. The van der Waals surface area contributed by atoms with Crippen molar-refractivity contribution in [2.75, 3.05) is 13.1 Å². The number of halogens is 1. The normalized spacial score (nSPS) is 19.6. The zero-order valence-corrected chi connectivity index (χ0v) is 9.45. The molecule has 1 aliphatic rings. The van der Waals surface area contributed by atoms with Gasteiger partial charge in [-0.3, -0.25) is 0 Å². The van der Waals surface area contributed by atoms with Gasteiger partial charge < -0.3 is 11.1 Å². The highest BCUT2D eigenvalue weighted by molar-refractivity contribution is 5.20. The van der Waals surface area contributed by atoms with Crippen molar-refractivity contribution >= 4 is 0 Å². The first-order valence-electron chi connectivity index (χ1n) is 5.98. The summed E-state index contributed by atoms with van der Waals surface area (Å²) < 4.78 is 13.5. The van der Waals surface area contributed by atoms with Crippen LogP contribution < -0.4 is 11.1 Å². The minimum absolute atomic E-state index is 0.163. The molecule has 1 atom stereocenters. The van der Waals surface area contributed by atoms with Gasteiger partial charge in [-0.05, 0) is 44.3 Å². The zero-order valence-electron chi connectivity index (χ0n) is 9.45. The summed E-state index contributed by atoms with van der Waals surface area (Å²) in [6.07, 6.45) is 3.20. The molecule has 2 nitrogen and oxygen atoms in total. The molecule has 3 heteroatoms. The van der Waals surface area contributed by atoms with E-state index in [1.54, 1.807) is 12.1 Å². The molecule has 3 N–H and O–H groups in total. The van der Waals surface area contributed by atoms with E-state index in [1.807, 2.05) is 6.07 Å². The van der Waals surface area contributed by atoms with Crippen LogP contribution in [-0.4, -0.2) is 13.1 Å². The largest absolute Gasteiger partial charge is 0.324 e. The molecule has 0 spiro atoms. The third kappa shape index (κ3) is 2.80. The fourth-order valence-electron chi connectivity index (χ4n) is 2.38. The van der Waals surface area contributed by atoms with Gasteiger partial charge in [0.25, 0.3) is 0 Å². The number of nitrogens with one attached hydrogen (secondary N) is 1. The third-order valence-electron chi connectivity index (χ3n) is 3.35. The molecule has 0 radical (unpaired) electrons. The number of rotatable bonds is 3. The van der Waals surface area contributed by atoms with Crippen molar-refractivity contribution in [1.29, 1.82) is 0 Å². The molecule has 0 amide bonds. The van der Waals surface area contributed by atoms with Crippen LogP contribution in [-0.2, 0) is 0 Å². The van der Waals surface area contributed by atoms with Crippen molar-refractivity contribution in [3.63, 3.8) is 0 Å². The second kappa shape index (κ2) is 5.41. The molecule has 0 bridgehead atoms. The summed E-state index contributed by atoms with van der Waals surface area (Å²) in [6.45, 7) is 2.13. The Balaban J connectivity index is 1.96. The lowest BCUT2D eigenvalue weighted by atomic mass is 9.88. The summed E-state index contributed by atoms with van der Waals surface area (Å²) in [7, 11) is 0. The van der Waals surface area contributed by atoms with Crippen LogP contribution in [0, 0.1) is 11.7 Å². The van der Waals surface area contributed by atoms with Gasteiger partial charge in [0.2, 0.25) is 0 Å². The summed E-state index contributed by atoms with van der Waals surface area (Å²) in [5.74, 6) is 0.458. The molecule has 0 aromatic heterocycles. The van der Waals surface area contributed by atoms with Crippen molar-refractivity contribution in [3.05, 3.63) is 35.6 Å². The van der Waals surface area contributed by atoms with Crippen molar-refractivity contribution in [2.24, 2.45) is 11.7 Å². The highest BCUT2D eigenvalue weighted by Gasteiger charge is 2.18. The van der Waals surface area contributed by atoms with E-state index in [1.165, 1.54) is 6.07 Å². The van der Waals surface area contributed by atoms with Gasteiger partial charge in [0, 0.05) is 11.6 Å². The Kier molecular flexibility index (Phi) is 3.91. The number of hydrogen-bond donors (Lipinski definition) is 2. The molecule has 1 saturated heterocycles. The summed E-state index contributed by atoms with van der Waals surface area (Å²) in [5.41, 5.74) is 6.72. The number of benzene rings is 1.